The van der Waals surface area contributed by atoms with Gasteiger partial charge in [0.25, 0.3) is 5.91 Å². The quantitative estimate of drug-likeness (QED) is 0.401. The number of ether oxygens (including phenoxy) is 1. The van der Waals surface area contributed by atoms with Crippen LogP contribution >= 0.6 is 0 Å². The molecule has 1 fully saturated rings. The minimum atomic E-state index is -0.620. The van der Waals surface area contributed by atoms with E-state index >= 15 is 0 Å². The maximum absolute atomic E-state index is 13.9. The molecule has 1 saturated heterocycles. The van der Waals surface area contributed by atoms with Crippen LogP contribution < -0.4 is 0 Å². The van der Waals surface area contributed by atoms with Gasteiger partial charge in [-0.05, 0) is 38.0 Å². The molecule has 2 aromatic carbocycles. The molecule has 0 N–H and O–H groups in total. The van der Waals surface area contributed by atoms with Gasteiger partial charge in [0.15, 0.2) is 5.82 Å². The van der Waals surface area contributed by atoms with E-state index < -0.39 is 11.9 Å². The molecular formula is C30H33FN4O4. The fourth-order valence-corrected chi connectivity index (χ4v) is 4.75. The Kier molecular flexibility index (Phi) is 9.01. The topological polar surface area (TPSA) is 92.7 Å². The van der Waals surface area contributed by atoms with Crippen molar-refractivity contribution in [3.63, 3.8) is 0 Å². The molecule has 2 heterocycles. The Morgan fingerprint density at radius 1 is 1.00 bits per heavy atom. The number of hydrogen-bond donors (Lipinski definition) is 0. The van der Waals surface area contributed by atoms with Gasteiger partial charge in [-0.1, -0.05) is 55.8 Å². The number of nitrogens with zero attached hydrogens (tertiary/aromatic N) is 4. The van der Waals surface area contributed by atoms with E-state index in [0.29, 0.717) is 24.5 Å². The zero-order valence-electron chi connectivity index (χ0n) is 22.5. The van der Waals surface area contributed by atoms with E-state index in [2.05, 4.69) is 9.97 Å². The van der Waals surface area contributed by atoms with E-state index in [1.165, 1.54) is 12.1 Å². The zero-order chi connectivity index (χ0) is 27.9. The van der Waals surface area contributed by atoms with Crippen molar-refractivity contribution in [2.75, 3.05) is 26.2 Å². The average Bonchev–Trinajstić information content (AvgIpc) is 2.94. The number of amides is 2. The van der Waals surface area contributed by atoms with Crippen LogP contribution in [0.15, 0.2) is 54.6 Å². The monoisotopic (exact) mass is 532 g/mol. The van der Waals surface area contributed by atoms with Crippen LogP contribution in [0.1, 0.15) is 59.3 Å². The van der Waals surface area contributed by atoms with E-state index in [-0.39, 0.29) is 55.1 Å². The highest BCUT2D eigenvalue weighted by molar-refractivity contribution is 6.05. The van der Waals surface area contributed by atoms with Gasteiger partial charge in [0.2, 0.25) is 5.91 Å². The molecule has 0 spiro atoms. The van der Waals surface area contributed by atoms with Gasteiger partial charge < -0.3 is 14.5 Å². The first kappa shape index (κ1) is 27.9. The molecule has 39 heavy (non-hydrogen) atoms. The summed E-state index contributed by atoms with van der Waals surface area (Å²) in [4.78, 5) is 52.6. The maximum Gasteiger partial charge on any atom is 0.342 e. The van der Waals surface area contributed by atoms with Crippen molar-refractivity contribution in [2.45, 2.75) is 46.1 Å². The number of carbonyl (C=O) groups excluding carboxylic acids is 3. The first-order chi connectivity index (χ1) is 18.8. The third-order valence-corrected chi connectivity index (χ3v) is 6.69. The summed E-state index contributed by atoms with van der Waals surface area (Å²) in [7, 11) is 0. The second-order valence-corrected chi connectivity index (χ2v) is 9.54. The normalized spacial score (nSPS) is 15.2. The lowest BCUT2D eigenvalue weighted by atomic mass is 10.0. The second kappa shape index (κ2) is 12.6. The van der Waals surface area contributed by atoms with Crippen LogP contribution in [0.25, 0.3) is 11.4 Å². The number of esters is 1. The molecule has 0 aliphatic carbocycles. The number of aryl methyl sites for hydroxylation is 1. The van der Waals surface area contributed by atoms with Gasteiger partial charge in [-0.25, -0.2) is 19.2 Å². The molecule has 8 nitrogen and oxygen atoms in total. The number of benzene rings is 2. The number of hydrogen-bond acceptors (Lipinski definition) is 6. The van der Waals surface area contributed by atoms with Crippen molar-refractivity contribution in [2.24, 2.45) is 0 Å². The highest BCUT2D eigenvalue weighted by Gasteiger charge is 2.34. The molecule has 1 aromatic heterocycles. The first-order valence-electron chi connectivity index (χ1n) is 13.3. The number of aromatic nitrogens is 2. The summed E-state index contributed by atoms with van der Waals surface area (Å²) in [6.45, 7) is 6.63. The fourth-order valence-electron chi connectivity index (χ4n) is 4.75. The van der Waals surface area contributed by atoms with Crippen molar-refractivity contribution < 1.29 is 23.5 Å². The van der Waals surface area contributed by atoms with Crippen LogP contribution in [0.4, 0.5) is 4.39 Å². The Hall–Kier alpha value is -4.14. The highest BCUT2D eigenvalue weighted by atomic mass is 19.1. The van der Waals surface area contributed by atoms with Gasteiger partial charge in [-0.15, -0.1) is 0 Å². The molecule has 1 atom stereocenters. The molecule has 0 bridgehead atoms. The Labute approximate surface area is 227 Å². The van der Waals surface area contributed by atoms with Crippen molar-refractivity contribution in [1.29, 1.82) is 0 Å². The Morgan fingerprint density at radius 3 is 2.36 bits per heavy atom. The molecule has 1 unspecified atom stereocenters. The summed E-state index contributed by atoms with van der Waals surface area (Å²) < 4.78 is 18.5. The third-order valence-electron chi connectivity index (χ3n) is 6.69. The number of carbonyl (C=O) groups is 3. The largest absolute Gasteiger partial charge is 0.462 e. The van der Waals surface area contributed by atoms with E-state index in [4.69, 9.17) is 4.74 Å². The summed E-state index contributed by atoms with van der Waals surface area (Å²) in [5.41, 5.74) is 2.07. The minimum absolute atomic E-state index is 0.0176. The number of piperazine rings is 1. The maximum atomic E-state index is 13.9. The number of rotatable bonds is 8. The summed E-state index contributed by atoms with van der Waals surface area (Å²) in [5.74, 6) is -1.09. The molecule has 2 amide bonds. The van der Waals surface area contributed by atoms with Crippen LogP contribution in [0.3, 0.4) is 0 Å². The van der Waals surface area contributed by atoms with E-state index in [1.807, 2.05) is 44.2 Å². The second-order valence-electron chi connectivity index (χ2n) is 9.54. The molecule has 0 saturated carbocycles. The summed E-state index contributed by atoms with van der Waals surface area (Å²) in [6.07, 6.45) is 1.36. The zero-order valence-corrected chi connectivity index (χ0v) is 22.5. The van der Waals surface area contributed by atoms with Crippen LogP contribution in [-0.4, -0.2) is 69.8 Å². The lowest BCUT2D eigenvalue weighted by Crippen LogP contribution is -2.56. The third kappa shape index (κ3) is 6.47. The molecule has 4 rings (SSSR count). The summed E-state index contributed by atoms with van der Waals surface area (Å²) in [5, 5.41) is 0. The van der Waals surface area contributed by atoms with Crippen LogP contribution in [-0.2, 0) is 22.4 Å². The first-order valence-corrected chi connectivity index (χ1v) is 13.3. The van der Waals surface area contributed by atoms with Crippen molar-refractivity contribution in [3.8, 4) is 11.4 Å². The minimum Gasteiger partial charge on any atom is -0.462 e. The molecule has 9 heteroatoms. The van der Waals surface area contributed by atoms with Crippen LogP contribution in [0, 0.1) is 5.82 Å². The van der Waals surface area contributed by atoms with Gasteiger partial charge in [0.05, 0.1) is 18.7 Å². The van der Waals surface area contributed by atoms with Crippen LogP contribution in [0.2, 0.25) is 0 Å². The van der Waals surface area contributed by atoms with Gasteiger partial charge in [-0.3, -0.25) is 9.59 Å². The standard InChI is InChI=1S/C30H33FN4O4/c1-4-9-24-26(30(38)39-5-2)27(33-28(32-24)22-10-7-6-8-11-22)29(37)34-16-17-35(20(3)19-34)25(36)18-21-12-14-23(31)15-13-21/h6-8,10-15,20H,4-5,9,16-19H2,1-3H3. The van der Waals surface area contributed by atoms with Gasteiger partial charge in [-0.2, -0.15) is 0 Å². The highest BCUT2D eigenvalue weighted by Crippen LogP contribution is 2.24. The molecule has 204 valence electrons. The van der Waals surface area contributed by atoms with E-state index in [9.17, 15) is 18.8 Å². The Balaban J connectivity index is 1.61. The predicted molar refractivity (Wildman–Crippen MR) is 145 cm³/mol. The molecule has 0 radical (unpaired) electrons. The van der Waals surface area contributed by atoms with Gasteiger partial charge in [0.1, 0.15) is 17.1 Å². The van der Waals surface area contributed by atoms with Crippen molar-refractivity contribution in [1.82, 2.24) is 19.8 Å². The van der Waals surface area contributed by atoms with E-state index in [0.717, 1.165) is 17.5 Å². The predicted octanol–water partition coefficient (Wildman–Crippen LogP) is 4.33. The fraction of sp³-hybridized carbons (Fsp3) is 0.367. The molecular weight excluding hydrogens is 499 g/mol. The Morgan fingerprint density at radius 2 is 1.72 bits per heavy atom. The summed E-state index contributed by atoms with van der Waals surface area (Å²) >= 11 is 0. The smallest absolute Gasteiger partial charge is 0.342 e. The molecule has 3 aromatic rings. The van der Waals surface area contributed by atoms with E-state index in [1.54, 1.807) is 28.9 Å². The van der Waals surface area contributed by atoms with Crippen molar-refractivity contribution in [3.05, 3.63) is 82.9 Å². The van der Waals surface area contributed by atoms with Crippen molar-refractivity contribution >= 4 is 17.8 Å². The average molecular weight is 533 g/mol. The SMILES string of the molecule is CCCc1nc(-c2ccccc2)nc(C(=O)N2CCN(C(=O)Cc3ccc(F)cc3)C(C)C2)c1C(=O)OCC. The number of halogens is 1. The van der Waals surface area contributed by atoms with Gasteiger partial charge >= 0.3 is 5.97 Å². The molecule has 1 aliphatic rings. The lowest BCUT2D eigenvalue weighted by Gasteiger charge is -2.40. The summed E-state index contributed by atoms with van der Waals surface area (Å²) in [6, 6.07) is 14.9. The van der Waals surface area contributed by atoms with Crippen LogP contribution in [0.5, 0.6) is 0 Å². The Bertz CT molecular complexity index is 1330. The molecule has 1 aliphatic heterocycles. The lowest BCUT2D eigenvalue weighted by molar-refractivity contribution is -0.134. The van der Waals surface area contributed by atoms with Gasteiger partial charge in [0, 0.05) is 31.2 Å².